The lowest BCUT2D eigenvalue weighted by atomic mass is 9.75. The molecule has 92 valence electrons. The van der Waals surface area contributed by atoms with Crippen molar-refractivity contribution in [2.45, 2.75) is 38.8 Å². The Morgan fingerprint density at radius 2 is 1.75 bits per heavy atom. The van der Waals surface area contributed by atoms with Crippen LogP contribution < -0.4 is 5.32 Å². The number of hydrogen-bond donors (Lipinski definition) is 1. The second-order valence-electron chi connectivity index (χ2n) is 6.48. The maximum atomic E-state index is 6.21. The van der Waals surface area contributed by atoms with Crippen LogP contribution in [0.1, 0.15) is 33.1 Å². The summed E-state index contributed by atoms with van der Waals surface area (Å²) in [6.45, 7) is 8.41. The van der Waals surface area contributed by atoms with Crippen LogP contribution in [0.3, 0.4) is 0 Å². The van der Waals surface area contributed by atoms with Gasteiger partial charge in [-0.1, -0.05) is 13.8 Å². The highest BCUT2D eigenvalue weighted by molar-refractivity contribution is 4.98. The highest BCUT2D eigenvalue weighted by Gasteiger charge is 2.49. The van der Waals surface area contributed by atoms with Gasteiger partial charge < -0.3 is 9.47 Å². The van der Waals surface area contributed by atoms with Gasteiger partial charge in [-0.05, 0) is 31.1 Å². The molecule has 0 aromatic carbocycles. The number of hydrogen-bond acceptors (Lipinski definition) is 3. The summed E-state index contributed by atoms with van der Waals surface area (Å²) in [5.74, 6) is 1.56. The molecular weight excluding hydrogens is 202 g/mol. The second-order valence-corrected chi connectivity index (χ2v) is 6.48. The Morgan fingerprint density at radius 3 is 2.19 bits per heavy atom. The van der Waals surface area contributed by atoms with E-state index in [0.717, 1.165) is 38.2 Å². The second kappa shape index (κ2) is 3.69. The zero-order chi connectivity index (χ0) is 11.2. The molecule has 3 rings (SSSR count). The molecule has 3 heteroatoms. The molecule has 1 aliphatic carbocycles. The molecule has 3 nitrogen and oxygen atoms in total. The molecule has 0 radical (unpaired) electrons. The van der Waals surface area contributed by atoms with E-state index in [2.05, 4.69) is 19.2 Å². The van der Waals surface area contributed by atoms with Gasteiger partial charge in [0.2, 0.25) is 0 Å². The van der Waals surface area contributed by atoms with Gasteiger partial charge in [0.05, 0.1) is 25.2 Å². The van der Waals surface area contributed by atoms with E-state index in [1.807, 2.05) is 0 Å². The van der Waals surface area contributed by atoms with Crippen LogP contribution in [0.5, 0.6) is 0 Å². The summed E-state index contributed by atoms with van der Waals surface area (Å²) in [7, 11) is 0. The van der Waals surface area contributed by atoms with Gasteiger partial charge in [-0.25, -0.2) is 0 Å². The summed E-state index contributed by atoms with van der Waals surface area (Å²) in [6, 6.07) is 0. The molecule has 0 aromatic heterocycles. The Morgan fingerprint density at radius 1 is 1.06 bits per heavy atom. The minimum Gasteiger partial charge on any atom is -0.380 e. The molecule has 2 saturated heterocycles. The van der Waals surface area contributed by atoms with Crippen molar-refractivity contribution in [1.29, 1.82) is 0 Å². The van der Waals surface area contributed by atoms with E-state index in [4.69, 9.17) is 9.47 Å². The fraction of sp³-hybridized carbons (Fsp3) is 1.00. The number of rotatable bonds is 0. The van der Waals surface area contributed by atoms with Crippen LogP contribution in [0.2, 0.25) is 0 Å². The molecule has 2 aliphatic heterocycles. The van der Waals surface area contributed by atoms with E-state index < -0.39 is 0 Å². The van der Waals surface area contributed by atoms with Gasteiger partial charge in [-0.15, -0.1) is 0 Å². The average Bonchev–Trinajstić information content (AvgIpc) is 2.14. The van der Waals surface area contributed by atoms with Crippen LogP contribution >= 0.6 is 0 Å². The Hall–Kier alpha value is -0.120. The zero-order valence-corrected chi connectivity index (χ0v) is 10.4. The van der Waals surface area contributed by atoms with Crippen molar-refractivity contribution >= 4 is 0 Å². The first-order chi connectivity index (χ1) is 7.62. The molecular formula is C13H23NO2. The quantitative estimate of drug-likeness (QED) is 0.681. The Bertz CT molecular complexity index is 253. The smallest absolute Gasteiger partial charge is 0.119 e. The molecule has 16 heavy (non-hydrogen) atoms. The van der Waals surface area contributed by atoms with Crippen LogP contribution in [-0.2, 0) is 9.47 Å². The summed E-state index contributed by atoms with van der Waals surface area (Å²) < 4.78 is 11.5. The fourth-order valence-corrected chi connectivity index (χ4v) is 3.64. The Labute approximate surface area is 97.9 Å². The molecule has 2 spiro atoms. The molecule has 1 saturated carbocycles. The molecule has 0 bridgehead atoms. The predicted molar refractivity (Wildman–Crippen MR) is 62.1 cm³/mol. The SMILES string of the molecule is CC1CC(C)CC2(C1)NCC1(COC1)CO2. The predicted octanol–water partition coefficient (Wildman–Crippen LogP) is 1.78. The molecule has 1 N–H and O–H groups in total. The normalized spacial score (nSPS) is 46.9. The van der Waals surface area contributed by atoms with Gasteiger partial charge in [0.1, 0.15) is 5.72 Å². The third-order valence-electron chi connectivity index (χ3n) is 4.42. The van der Waals surface area contributed by atoms with Crippen molar-refractivity contribution in [3.63, 3.8) is 0 Å². The van der Waals surface area contributed by atoms with E-state index in [1.165, 1.54) is 19.3 Å². The summed E-state index contributed by atoms with van der Waals surface area (Å²) in [5.41, 5.74) is 0.285. The van der Waals surface area contributed by atoms with Gasteiger partial charge in [0.15, 0.2) is 0 Å². The number of ether oxygens (including phenoxy) is 2. The lowest BCUT2D eigenvalue weighted by Gasteiger charge is -2.53. The van der Waals surface area contributed by atoms with Crippen molar-refractivity contribution in [2.24, 2.45) is 17.3 Å². The van der Waals surface area contributed by atoms with Crippen molar-refractivity contribution < 1.29 is 9.47 Å². The molecule has 3 aliphatic rings. The molecule has 2 unspecified atom stereocenters. The highest BCUT2D eigenvalue weighted by atomic mass is 16.5. The maximum absolute atomic E-state index is 6.21. The van der Waals surface area contributed by atoms with Crippen LogP contribution in [-0.4, -0.2) is 32.1 Å². The van der Waals surface area contributed by atoms with Gasteiger partial charge in [0, 0.05) is 6.54 Å². The average molecular weight is 225 g/mol. The third-order valence-corrected chi connectivity index (χ3v) is 4.42. The van der Waals surface area contributed by atoms with Crippen LogP contribution in [0.4, 0.5) is 0 Å². The first-order valence-corrected chi connectivity index (χ1v) is 6.58. The minimum atomic E-state index is -0.0159. The first-order valence-electron chi connectivity index (χ1n) is 6.58. The van der Waals surface area contributed by atoms with E-state index in [0.29, 0.717) is 5.41 Å². The largest absolute Gasteiger partial charge is 0.380 e. The van der Waals surface area contributed by atoms with Crippen molar-refractivity contribution in [1.82, 2.24) is 5.32 Å². The minimum absolute atomic E-state index is 0.0159. The topological polar surface area (TPSA) is 30.5 Å². The van der Waals surface area contributed by atoms with E-state index >= 15 is 0 Å². The van der Waals surface area contributed by atoms with Crippen molar-refractivity contribution in [3.8, 4) is 0 Å². The van der Waals surface area contributed by atoms with Crippen LogP contribution in [0.25, 0.3) is 0 Å². The molecule has 0 amide bonds. The fourth-order valence-electron chi connectivity index (χ4n) is 3.64. The first kappa shape index (κ1) is 11.0. The third kappa shape index (κ3) is 1.79. The van der Waals surface area contributed by atoms with E-state index in [9.17, 15) is 0 Å². The van der Waals surface area contributed by atoms with E-state index in [-0.39, 0.29) is 5.72 Å². The maximum Gasteiger partial charge on any atom is 0.119 e. The zero-order valence-electron chi connectivity index (χ0n) is 10.4. The summed E-state index contributed by atoms with van der Waals surface area (Å²) in [5, 5.41) is 3.69. The molecule has 2 atom stereocenters. The van der Waals surface area contributed by atoms with Crippen molar-refractivity contribution in [2.75, 3.05) is 26.4 Å². The molecule has 3 fully saturated rings. The summed E-state index contributed by atoms with van der Waals surface area (Å²) in [6.07, 6.45) is 3.70. The highest BCUT2D eigenvalue weighted by Crippen LogP contribution is 2.42. The Balaban J connectivity index is 1.66. The summed E-state index contributed by atoms with van der Waals surface area (Å²) in [4.78, 5) is 0. The van der Waals surface area contributed by atoms with Gasteiger partial charge >= 0.3 is 0 Å². The van der Waals surface area contributed by atoms with Crippen molar-refractivity contribution in [3.05, 3.63) is 0 Å². The standard InChI is InChI=1S/C13H23NO2/c1-10-3-11(2)5-13(4-10)14-6-12(9-16-13)7-15-8-12/h10-11,14H,3-9H2,1-2H3. The Kier molecular flexibility index (Phi) is 2.54. The lowest BCUT2D eigenvalue weighted by molar-refractivity contribution is -0.235. The lowest BCUT2D eigenvalue weighted by Crippen LogP contribution is -2.66. The van der Waals surface area contributed by atoms with Crippen LogP contribution in [0, 0.1) is 17.3 Å². The molecule has 0 aromatic rings. The van der Waals surface area contributed by atoms with Gasteiger partial charge in [0.25, 0.3) is 0 Å². The van der Waals surface area contributed by atoms with Crippen LogP contribution in [0.15, 0.2) is 0 Å². The summed E-state index contributed by atoms with van der Waals surface area (Å²) >= 11 is 0. The van der Waals surface area contributed by atoms with E-state index in [1.54, 1.807) is 0 Å². The number of nitrogens with one attached hydrogen (secondary N) is 1. The monoisotopic (exact) mass is 225 g/mol. The molecule has 2 heterocycles. The van der Waals surface area contributed by atoms with Gasteiger partial charge in [-0.3, -0.25) is 5.32 Å². The van der Waals surface area contributed by atoms with Gasteiger partial charge in [-0.2, -0.15) is 0 Å².